The van der Waals surface area contributed by atoms with Crippen LogP contribution >= 0.6 is 11.8 Å². The molecule has 9 nitrogen and oxygen atoms in total. The summed E-state index contributed by atoms with van der Waals surface area (Å²) in [5.41, 5.74) is 0.939. The first-order valence-electron chi connectivity index (χ1n) is 11.9. The molecule has 0 aliphatic rings. The Labute approximate surface area is 220 Å². The molecule has 0 aliphatic carbocycles. The van der Waals surface area contributed by atoms with E-state index in [0.717, 1.165) is 47.2 Å². The Hall–Kier alpha value is -3.57. The van der Waals surface area contributed by atoms with Crippen LogP contribution in [0, 0.1) is 15.9 Å². The zero-order valence-corrected chi connectivity index (χ0v) is 21.9. The molecule has 0 spiro atoms. The fourth-order valence-electron chi connectivity index (χ4n) is 3.54. The highest BCUT2D eigenvalue weighted by atomic mass is 32.2. The van der Waals surface area contributed by atoms with Crippen molar-refractivity contribution in [2.24, 2.45) is 0 Å². The number of hydrogen-bond donors (Lipinski definition) is 2. The molecule has 2 N–H and O–H groups in total. The monoisotopic (exact) mass is 528 g/mol. The number of halogens is 1. The van der Waals surface area contributed by atoms with Crippen molar-refractivity contribution in [3.8, 4) is 0 Å². The smallest absolute Gasteiger partial charge is 0.274 e. The van der Waals surface area contributed by atoms with E-state index in [1.54, 1.807) is 30.1 Å². The first kappa shape index (κ1) is 28.0. The molecule has 0 saturated carbocycles. The van der Waals surface area contributed by atoms with Gasteiger partial charge in [0.1, 0.15) is 23.2 Å². The number of nitrogens with zero attached hydrogens (tertiary/aromatic N) is 4. The van der Waals surface area contributed by atoms with E-state index in [4.69, 9.17) is 4.42 Å². The summed E-state index contributed by atoms with van der Waals surface area (Å²) < 4.78 is 19.1. The van der Waals surface area contributed by atoms with Crippen molar-refractivity contribution in [1.29, 1.82) is 0 Å². The second-order valence-corrected chi connectivity index (χ2v) is 9.68. The summed E-state index contributed by atoms with van der Waals surface area (Å²) in [4.78, 5) is 19.2. The maximum Gasteiger partial charge on any atom is 0.274 e. The lowest BCUT2D eigenvalue weighted by molar-refractivity contribution is -0.404. The number of nitrogens with one attached hydrogen (secondary N) is 2. The van der Waals surface area contributed by atoms with Gasteiger partial charge in [-0.2, -0.15) is 11.8 Å². The van der Waals surface area contributed by atoms with Crippen LogP contribution in [-0.4, -0.2) is 54.3 Å². The number of nitro groups is 1. The number of rotatable bonds is 16. The van der Waals surface area contributed by atoms with E-state index in [1.165, 1.54) is 12.1 Å². The Kier molecular flexibility index (Phi) is 11.2. The van der Waals surface area contributed by atoms with Crippen molar-refractivity contribution >= 4 is 17.6 Å². The van der Waals surface area contributed by atoms with Gasteiger partial charge in [0.05, 0.1) is 17.2 Å². The van der Waals surface area contributed by atoms with Gasteiger partial charge in [-0.3, -0.25) is 10.1 Å². The number of pyridine rings is 1. The minimum Gasteiger partial charge on any atom is -0.464 e. The van der Waals surface area contributed by atoms with Gasteiger partial charge in [0.2, 0.25) is 0 Å². The summed E-state index contributed by atoms with van der Waals surface area (Å²) in [7, 11) is 3.99. The Morgan fingerprint density at radius 1 is 1.08 bits per heavy atom. The third kappa shape index (κ3) is 10.5. The molecule has 0 saturated heterocycles. The molecule has 0 radical (unpaired) electrons. The van der Waals surface area contributed by atoms with Crippen molar-refractivity contribution < 1.29 is 13.7 Å². The molecule has 0 aliphatic heterocycles. The summed E-state index contributed by atoms with van der Waals surface area (Å²) in [6.07, 6.45) is 2.65. The molecule has 1 aromatic carbocycles. The maximum absolute atomic E-state index is 13.3. The van der Waals surface area contributed by atoms with Crippen LogP contribution in [0.5, 0.6) is 0 Å². The molecule has 3 rings (SSSR count). The van der Waals surface area contributed by atoms with Gasteiger partial charge >= 0.3 is 0 Å². The van der Waals surface area contributed by atoms with E-state index < -0.39 is 4.92 Å². The Morgan fingerprint density at radius 3 is 2.54 bits per heavy atom. The predicted molar refractivity (Wildman–Crippen MR) is 145 cm³/mol. The van der Waals surface area contributed by atoms with Crippen LogP contribution < -0.4 is 15.5 Å². The maximum atomic E-state index is 13.3. The average Bonchev–Trinajstić information content (AvgIpc) is 3.31. The molecular formula is C26H33FN6O3S. The minimum atomic E-state index is -0.480. The van der Waals surface area contributed by atoms with Crippen LogP contribution in [0.4, 0.5) is 10.2 Å². The summed E-state index contributed by atoms with van der Waals surface area (Å²) in [5.74, 6) is 4.16. The fraction of sp³-hybridized carbons (Fsp3) is 0.346. The predicted octanol–water partition coefficient (Wildman–Crippen LogP) is 4.07. The highest BCUT2D eigenvalue weighted by Crippen LogP contribution is 2.16. The van der Waals surface area contributed by atoms with Gasteiger partial charge in [-0.05, 0) is 56.1 Å². The first-order chi connectivity index (χ1) is 17.9. The third-order valence-electron chi connectivity index (χ3n) is 5.19. The molecule has 198 valence electrons. The quantitative estimate of drug-likeness (QED) is 0.162. The molecule has 0 amide bonds. The summed E-state index contributed by atoms with van der Waals surface area (Å²) in [5, 5.41) is 17.4. The van der Waals surface area contributed by atoms with E-state index in [1.807, 2.05) is 54.2 Å². The second-order valence-electron chi connectivity index (χ2n) is 8.58. The van der Waals surface area contributed by atoms with Crippen LogP contribution in [0.3, 0.4) is 0 Å². The van der Waals surface area contributed by atoms with Crippen LogP contribution in [0.1, 0.15) is 17.1 Å². The first-order valence-corrected chi connectivity index (χ1v) is 13.1. The number of anilines is 1. The van der Waals surface area contributed by atoms with Gasteiger partial charge < -0.3 is 24.9 Å². The average molecular weight is 529 g/mol. The van der Waals surface area contributed by atoms with Gasteiger partial charge in [0.25, 0.3) is 6.20 Å². The zero-order chi connectivity index (χ0) is 26.5. The van der Waals surface area contributed by atoms with E-state index in [2.05, 4.69) is 15.6 Å². The van der Waals surface area contributed by atoms with Crippen molar-refractivity contribution in [3.63, 3.8) is 0 Å². The zero-order valence-electron chi connectivity index (χ0n) is 21.1. The molecule has 0 bridgehead atoms. The van der Waals surface area contributed by atoms with Crippen molar-refractivity contribution in [1.82, 2.24) is 20.5 Å². The lowest BCUT2D eigenvalue weighted by Gasteiger charge is -2.24. The summed E-state index contributed by atoms with van der Waals surface area (Å²) in [6, 6.07) is 15.9. The molecule has 11 heteroatoms. The van der Waals surface area contributed by atoms with Crippen LogP contribution in [0.2, 0.25) is 0 Å². The fourth-order valence-corrected chi connectivity index (χ4v) is 4.28. The minimum absolute atomic E-state index is 0.285. The van der Waals surface area contributed by atoms with Crippen LogP contribution in [0.25, 0.3) is 0 Å². The number of furan rings is 1. The summed E-state index contributed by atoms with van der Waals surface area (Å²) >= 11 is 1.69. The molecule has 0 unspecified atom stereocenters. The van der Waals surface area contributed by atoms with Crippen molar-refractivity contribution in [2.75, 3.05) is 44.4 Å². The Bertz CT molecular complexity index is 1120. The van der Waals surface area contributed by atoms with Gasteiger partial charge in [0, 0.05) is 38.1 Å². The normalized spacial score (nSPS) is 11.5. The van der Waals surface area contributed by atoms with E-state index in [9.17, 15) is 14.5 Å². The lowest BCUT2D eigenvalue weighted by atomic mass is 10.2. The molecule has 0 atom stereocenters. The van der Waals surface area contributed by atoms with Gasteiger partial charge in [-0.15, -0.1) is 0 Å². The van der Waals surface area contributed by atoms with E-state index >= 15 is 0 Å². The molecule has 2 aromatic heterocycles. The molecule has 37 heavy (non-hydrogen) atoms. The SMILES string of the molecule is CN(C)Cc1ccc(CSCCN/C(=C\[N+](=O)[O-])NCCN(Cc2ccc(F)cc2)c2ccccn2)o1. The number of hydrogen-bond acceptors (Lipinski definition) is 9. The van der Waals surface area contributed by atoms with Crippen molar-refractivity contribution in [3.05, 3.63) is 106 Å². The highest BCUT2D eigenvalue weighted by Gasteiger charge is 2.10. The second kappa shape index (κ2) is 14.9. The van der Waals surface area contributed by atoms with Gasteiger partial charge in [-0.1, -0.05) is 18.2 Å². The number of benzene rings is 1. The Morgan fingerprint density at radius 2 is 1.84 bits per heavy atom. The molecule has 2 heterocycles. The standard InChI is InChI=1S/C26H33FN6O3S/c1-31(2)18-23-10-11-24(36-23)20-37-16-14-29-25(19-33(34)35)28-13-15-32(26-5-3-4-12-30-26)17-21-6-8-22(27)9-7-21/h3-12,19,28-29H,13-18,20H2,1-2H3/b25-19-. The van der Waals surface area contributed by atoms with Gasteiger partial charge in [-0.25, -0.2) is 9.37 Å². The third-order valence-corrected chi connectivity index (χ3v) is 6.17. The lowest BCUT2D eigenvalue weighted by Crippen LogP contribution is -2.36. The topological polar surface area (TPSA) is 99.7 Å². The van der Waals surface area contributed by atoms with Gasteiger partial charge in [0.15, 0.2) is 5.82 Å². The highest BCUT2D eigenvalue weighted by molar-refractivity contribution is 7.98. The Balaban J connectivity index is 1.47. The van der Waals surface area contributed by atoms with E-state index in [-0.39, 0.29) is 5.82 Å². The molecule has 3 aromatic rings. The van der Waals surface area contributed by atoms with Crippen molar-refractivity contribution in [2.45, 2.75) is 18.8 Å². The van der Waals surface area contributed by atoms with E-state index in [0.29, 0.717) is 32.0 Å². The summed E-state index contributed by atoms with van der Waals surface area (Å²) in [6.45, 7) is 2.82. The van der Waals surface area contributed by atoms with Crippen LogP contribution in [-0.2, 0) is 18.8 Å². The number of thioether (sulfide) groups is 1. The van der Waals surface area contributed by atoms with Crippen LogP contribution in [0.15, 0.2) is 77.2 Å². The molecular weight excluding hydrogens is 495 g/mol. The molecule has 0 fully saturated rings. The largest absolute Gasteiger partial charge is 0.464 e. The number of aromatic nitrogens is 1.